The van der Waals surface area contributed by atoms with Crippen molar-refractivity contribution in [2.75, 3.05) is 11.9 Å². The maximum atomic E-state index is 12.3. The lowest BCUT2D eigenvalue weighted by atomic mass is 10.2. The summed E-state index contributed by atoms with van der Waals surface area (Å²) >= 11 is 5.28. The predicted molar refractivity (Wildman–Crippen MR) is 108 cm³/mol. The number of hydrogen-bond donors (Lipinski definition) is 2. The summed E-state index contributed by atoms with van der Waals surface area (Å²) < 4.78 is 5.37. The van der Waals surface area contributed by atoms with E-state index in [-0.39, 0.29) is 11.0 Å². The van der Waals surface area contributed by atoms with E-state index in [1.165, 1.54) is 0 Å². The highest BCUT2D eigenvalue weighted by molar-refractivity contribution is 7.80. The molecule has 0 radical (unpaired) electrons. The lowest BCUT2D eigenvalue weighted by Gasteiger charge is -2.12. The van der Waals surface area contributed by atoms with Crippen LogP contribution in [-0.2, 0) is 0 Å². The highest BCUT2D eigenvalue weighted by Crippen LogP contribution is 2.21. The Kier molecular flexibility index (Phi) is 5.43. The molecule has 0 atom stereocenters. The van der Waals surface area contributed by atoms with Gasteiger partial charge in [-0.2, -0.15) is 0 Å². The van der Waals surface area contributed by atoms with E-state index in [0.717, 1.165) is 28.0 Å². The monoisotopic (exact) mass is 365 g/mol. The fourth-order valence-corrected chi connectivity index (χ4v) is 2.75. The number of para-hydroxylation sites is 1. The number of carbonyl (C=O) groups excluding carboxylic acids is 1. The minimum Gasteiger partial charge on any atom is -0.494 e. The van der Waals surface area contributed by atoms with Gasteiger partial charge >= 0.3 is 0 Å². The number of pyridine rings is 1. The first-order chi connectivity index (χ1) is 12.6. The topological polar surface area (TPSA) is 63.2 Å². The van der Waals surface area contributed by atoms with Gasteiger partial charge in [-0.3, -0.25) is 15.1 Å². The number of rotatable bonds is 4. The summed E-state index contributed by atoms with van der Waals surface area (Å²) in [6.07, 6.45) is 0. The molecule has 5 nitrogen and oxygen atoms in total. The molecule has 132 valence electrons. The number of anilines is 1. The molecule has 0 saturated heterocycles. The Labute approximate surface area is 157 Å². The Morgan fingerprint density at radius 2 is 1.88 bits per heavy atom. The molecular weight excluding hydrogens is 346 g/mol. The molecule has 2 N–H and O–H groups in total. The third-order valence-electron chi connectivity index (χ3n) is 3.76. The van der Waals surface area contributed by atoms with Gasteiger partial charge in [0, 0.05) is 16.6 Å². The molecule has 3 aromatic rings. The minimum absolute atomic E-state index is 0.222. The van der Waals surface area contributed by atoms with Crippen molar-refractivity contribution in [3.63, 3.8) is 0 Å². The molecule has 2 aromatic carbocycles. The van der Waals surface area contributed by atoms with Gasteiger partial charge in [0.2, 0.25) is 0 Å². The zero-order chi connectivity index (χ0) is 18.5. The van der Waals surface area contributed by atoms with Gasteiger partial charge in [-0.1, -0.05) is 18.2 Å². The van der Waals surface area contributed by atoms with E-state index in [1.807, 2.05) is 44.2 Å². The number of fused-ring (bicyclic) bond motifs is 1. The number of nitrogens with zero attached hydrogens (tertiary/aromatic N) is 1. The van der Waals surface area contributed by atoms with E-state index in [9.17, 15) is 4.79 Å². The summed E-state index contributed by atoms with van der Waals surface area (Å²) in [6.45, 7) is 4.43. The number of aryl methyl sites for hydroxylation is 1. The standard InChI is InChI=1S/C20H19N3O2S/c1-3-25-16-11-9-15(10-12-16)19(24)23-20(26)22-17-6-4-5-14-8-7-13(2)21-18(14)17/h4-12H,3H2,1-2H3,(H2,22,23,24,26). The van der Waals surface area contributed by atoms with Crippen LogP contribution in [0.3, 0.4) is 0 Å². The molecule has 1 aromatic heterocycles. The predicted octanol–water partition coefficient (Wildman–Crippen LogP) is 4.07. The zero-order valence-electron chi connectivity index (χ0n) is 14.6. The van der Waals surface area contributed by atoms with E-state index >= 15 is 0 Å². The average Bonchev–Trinajstić information content (AvgIpc) is 2.63. The molecule has 0 aliphatic carbocycles. The summed E-state index contributed by atoms with van der Waals surface area (Å²) in [5.74, 6) is 0.442. The first-order valence-electron chi connectivity index (χ1n) is 8.28. The number of ether oxygens (including phenoxy) is 1. The molecule has 6 heteroatoms. The van der Waals surface area contributed by atoms with E-state index in [1.54, 1.807) is 24.3 Å². The normalized spacial score (nSPS) is 10.4. The molecule has 0 spiro atoms. The van der Waals surface area contributed by atoms with Crippen molar-refractivity contribution in [2.24, 2.45) is 0 Å². The van der Waals surface area contributed by atoms with Crippen molar-refractivity contribution >= 4 is 39.8 Å². The molecule has 1 amide bonds. The first kappa shape index (κ1) is 17.8. The van der Waals surface area contributed by atoms with Crippen LogP contribution in [0.5, 0.6) is 5.75 Å². The quantitative estimate of drug-likeness (QED) is 0.683. The van der Waals surface area contributed by atoms with Gasteiger partial charge in [-0.15, -0.1) is 0 Å². The number of amides is 1. The smallest absolute Gasteiger partial charge is 0.257 e. The summed E-state index contributed by atoms with van der Waals surface area (Å²) in [5, 5.41) is 6.97. The van der Waals surface area contributed by atoms with Crippen LogP contribution >= 0.6 is 12.2 Å². The van der Waals surface area contributed by atoms with E-state index in [4.69, 9.17) is 17.0 Å². The summed E-state index contributed by atoms with van der Waals surface area (Å²) in [4.78, 5) is 16.9. The molecule has 0 aliphatic heterocycles. The van der Waals surface area contributed by atoms with Crippen molar-refractivity contribution < 1.29 is 9.53 Å². The highest BCUT2D eigenvalue weighted by Gasteiger charge is 2.10. The molecule has 1 heterocycles. The second kappa shape index (κ2) is 7.93. The molecule has 0 fully saturated rings. The van der Waals surface area contributed by atoms with Gasteiger partial charge in [-0.05, 0) is 62.5 Å². The van der Waals surface area contributed by atoms with Crippen molar-refractivity contribution in [1.82, 2.24) is 10.3 Å². The number of nitrogens with one attached hydrogen (secondary N) is 2. The van der Waals surface area contributed by atoms with Crippen molar-refractivity contribution in [3.05, 3.63) is 65.9 Å². The largest absolute Gasteiger partial charge is 0.494 e. The highest BCUT2D eigenvalue weighted by atomic mass is 32.1. The number of carbonyl (C=O) groups is 1. The van der Waals surface area contributed by atoms with Crippen LogP contribution in [0.2, 0.25) is 0 Å². The number of benzene rings is 2. The molecule has 0 unspecified atom stereocenters. The lowest BCUT2D eigenvalue weighted by Crippen LogP contribution is -2.34. The van der Waals surface area contributed by atoms with Crippen LogP contribution in [-0.4, -0.2) is 22.6 Å². The Balaban J connectivity index is 1.71. The van der Waals surface area contributed by atoms with E-state index in [0.29, 0.717) is 12.2 Å². The number of thiocarbonyl (C=S) groups is 1. The zero-order valence-corrected chi connectivity index (χ0v) is 15.4. The van der Waals surface area contributed by atoms with Crippen LogP contribution in [0.15, 0.2) is 54.6 Å². The van der Waals surface area contributed by atoms with Crippen molar-refractivity contribution in [1.29, 1.82) is 0 Å². The van der Waals surface area contributed by atoms with Crippen LogP contribution < -0.4 is 15.4 Å². The molecule has 3 rings (SSSR count). The van der Waals surface area contributed by atoms with E-state index in [2.05, 4.69) is 15.6 Å². The maximum Gasteiger partial charge on any atom is 0.257 e. The van der Waals surface area contributed by atoms with Crippen LogP contribution in [0, 0.1) is 6.92 Å². The molecule has 0 aliphatic rings. The summed E-state index contributed by atoms with van der Waals surface area (Å²) in [6, 6.07) is 16.6. The average molecular weight is 365 g/mol. The van der Waals surface area contributed by atoms with Crippen LogP contribution in [0.4, 0.5) is 5.69 Å². The fraction of sp³-hybridized carbons (Fsp3) is 0.150. The second-order valence-corrected chi connectivity index (χ2v) is 6.10. The Morgan fingerprint density at radius 3 is 2.62 bits per heavy atom. The summed E-state index contributed by atoms with van der Waals surface area (Å²) in [5.41, 5.74) is 2.98. The third-order valence-corrected chi connectivity index (χ3v) is 3.97. The van der Waals surface area contributed by atoms with Gasteiger partial charge in [0.05, 0.1) is 17.8 Å². The lowest BCUT2D eigenvalue weighted by molar-refractivity contribution is 0.0977. The van der Waals surface area contributed by atoms with Gasteiger partial charge < -0.3 is 10.1 Å². The third kappa shape index (κ3) is 4.15. The van der Waals surface area contributed by atoms with Crippen molar-refractivity contribution in [2.45, 2.75) is 13.8 Å². The Hall–Kier alpha value is -2.99. The van der Waals surface area contributed by atoms with Gasteiger partial charge in [0.15, 0.2) is 5.11 Å². The molecule has 0 saturated carbocycles. The first-order valence-corrected chi connectivity index (χ1v) is 8.69. The number of hydrogen-bond acceptors (Lipinski definition) is 4. The molecular formula is C20H19N3O2S. The van der Waals surface area contributed by atoms with Gasteiger partial charge in [0.25, 0.3) is 5.91 Å². The van der Waals surface area contributed by atoms with Crippen molar-refractivity contribution in [3.8, 4) is 5.75 Å². The fourth-order valence-electron chi connectivity index (χ4n) is 2.54. The van der Waals surface area contributed by atoms with Crippen LogP contribution in [0.1, 0.15) is 23.0 Å². The second-order valence-electron chi connectivity index (χ2n) is 5.70. The molecule has 26 heavy (non-hydrogen) atoms. The van der Waals surface area contributed by atoms with Gasteiger partial charge in [-0.25, -0.2) is 0 Å². The SMILES string of the molecule is CCOc1ccc(C(=O)NC(=S)Nc2cccc3ccc(C)nc23)cc1. The van der Waals surface area contributed by atoms with Crippen LogP contribution in [0.25, 0.3) is 10.9 Å². The van der Waals surface area contributed by atoms with E-state index < -0.39 is 0 Å². The Morgan fingerprint density at radius 1 is 1.12 bits per heavy atom. The molecule has 0 bridgehead atoms. The minimum atomic E-state index is -0.282. The van der Waals surface area contributed by atoms with Gasteiger partial charge in [0.1, 0.15) is 5.75 Å². The Bertz CT molecular complexity index is 955. The number of aromatic nitrogens is 1. The maximum absolute atomic E-state index is 12.3. The summed E-state index contributed by atoms with van der Waals surface area (Å²) in [7, 11) is 0.